The van der Waals surface area contributed by atoms with Crippen LogP contribution in [0.25, 0.3) is 0 Å². The van der Waals surface area contributed by atoms with E-state index >= 15 is 0 Å². The third-order valence-corrected chi connectivity index (χ3v) is 3.13. The van der Waals surface area contributed by atoms with Gasteiger partial charge < -0.3 is 9.67 Å². The Hall–Kier alpha value is -1.62. The van der Waals surface area contributed by atoms with Gasteiger partial charge in [0.1, 0.15) is 5.69 Å². The smallest absolute Gasteiger partial charge is 0.352 e. The fourth-order valence-electron chi connectivity index (χ4n) is 1.38. The van der Waals surface area contributed by atoms with Gasteiger partial charge in [-0.05, 0) is 19.1 Å². The first-order valence-corrected chi connectivity index (χ1v) is 5.34. The maximum absolute atomic E-state index is 10.9. The van der Waals surface area contributed by atoms with Crippen LogP contribution >= 0.6 is 11.3 Å². The van der Waals surface area contributed by atoms with E-state index in [-0.39, 0.29) is 0 Å². The highest BCUT2D eigenvalue weighted by Gasteiger charge is 2.10. The number of carboxylic acids is 1. The molecule has 78 valence electrons. The minimum Gasteiger partial charge on any atom is -0.477 e. The number of rotatable bonds is 3. The van der Waals surface area contributed by atoms with Gasteiger partial charge in [0.05, 0.1) is 17.7 Å². The van der Waals surface area contributed by atoms with Crippen LogP contribution < -0.4 is 0 Å². The lowest BCUT2D eigenvalue weighted by Crippen LogP contribution is -2.08. The van der Waals surface area contributed by atoms with Crippen LogP contribution in [0.15, 0.2) is 23.8 Å². The molecule has 0 aliphatic carbocycles. The van der Waals surface area contributed by atoms with Crippen LogP contribution in [-0.2, 0) is 6.54 Å². The van der Waals surface area contributed by atoms with Crippen molar-refractivity contribution in [1.29, 1.82) is 0 Å². The van der Waals surface area contributed by atoms with E-state index in [9.17, 15) is 4.79 Å². The first-order chi connectivity index (χ1) is 7.18. The number of hydrogen-bond donors (Lipinski definition) is 1. The molecule has 2 heterocycles. The van der Waals surface area contributed by atoms with E-state index in [1.165, 1.54) is 0 Å². The minimum absolute atomic E-state index is 0.308. The second kappa shape index (κ2) is 3.86. The number of nitrogens with zero attached hydrogens (tertiary/aromatic N) is 2. The highest BCUT2D eigenvalue weighted by molar-refractivity contribution is 7.09. The van der Waals surface area contributed by atoms with Crippen molar-refractivity contribution in [3.63, 3.8) is 0 Å². The first-order valence-electron chi connectivity index (χ1n) is 4.46. The summed E-state index contributed by atoms with van der Waals surface area (Å²) in [7, 11) is 0. The number of thiazole rings is 1. The normalized spacial score (nSPS) is 10.5. The number of carbonyl (C=O) groups is 1. The first kappa shape index (κ1) is 9.92. The molecule has 0 radical (unpaired) electrons. The van der Waals surface area contributed by atoms with Crippen molar-refractivity contribution in [3.05, 3.63) is 40.1 Å². The van der Waals surface area contributed by atoms with E-state index in [0.29, 0.717) is 12.2 Å². The molecule has 0 saturated heterocycles. The van der Waals surface area contributed by atoms with Crippen LogP contribution in [-0.4, -0.2) is 20.6 Å². The van der Waals surface area contributed by atoms with E-state index < -0.39 is 5.97 Å². The third-order valence-electron chi connectivity index (χ3n) is 2.21. The molecule has 0 spiro atoms. The Morgan fingerprint density at radius 2 is 2.47 bits per heavy atom. The van der Waals surface area contributed by atoms with Gasteiger partial charge in [0.15, 0.2) is 0 Å². The molecule has 0 fully saturated rings. The van der Waals surface area contributed by atoms with Gasteiger partial charge in [-0.2, -0.15) is 0 Å². The Kier molecular flexibility index (Phi) is 2.55. The van der Waals surface area contributed by atoms with Crippen LogP contribution in [0, 0.1) is 6.92 Å². The number of carboxylic acid groups (broad SMARTS) is 1. The average molecular weight is 222 g/mol. The van der Waals surface area contributed by atoms with Gasteiger partial charge in [-0.15, -0.1) is 11.3 Å². The molecule has 0 unspecified atom stereocenters. The number of aromatic carboxylic acids is 1. The fraction of sp³-hybridized carbons (Fsp3) is 0.200. The van der Waals surface area contributed by atoms with Gasteiger partial charge in [0.2, 0.25) is 0 Å². The predicted molar refractivity (Wildman–Crippen MR) is 57.3 cm³/mol. The van der Waals surface area contributed by atoms with Crippen LogP contribution in [0.1, 0.15) is 21.1 Å². The SMILES string of the molecule is Cc1ncsc1Cn1cccc1C(=O)O. The van der Waals surface area contributed by atoms with E-state index in [1.807, 2.05) is 6.92 Å². The Morgan fingerprint density at radius 1 is 1.67 bits per heavy atom. The van der Waals surface area contributed by atoms with Crippen LogP contribution in [0.2, 0.25) is 0 Å². The number of aryl methyl sites for hydroxylation is 1. The summed E-state index contributed by atoms with van der Waals surface area (Å²) in [4.78, 5) is 16.1. The quantitative estimate of drug-likeness (QED) is 0.864. The molecule has 5 heteroatoms. The largest absolute Gasteiger partial charge is 0.477 e. The van der Waals surface area contributed by atoms with Crippen molar-refractivity contribution in [2.24, 2.45) is 0 Å². The van der Waals surface area contributed by atoms with Crippen molar-refractivity contribution in [2.45, 2.75) is 13.5 Å². The third kappa shape index (κ3) is 1.92. The van der Waals surface area contributed by atoms with E-state index in [0.717, 1.165) is 10.6 Å². The van der Waals surface area contributed by atoms with Crippen molar-refractivity contribution >= 4 is 17.3 Å². The summed E-state index contributed by atoms with van der Waals surface area (Å²) in [6.45, 7) is 2.50. The summed E-state index contributed by atoms with van der Waals surface area (Å²) in [5.41, 5.74) is 3.04. The lowest BCUT2D eigenvalue weighted by Gasteiger charge is -2.04. The summed E-state index contributed by atoms with van der Waals surface area (Å²) in [6, 6.07) is 3.33. The molecule has 0 aliphatic rings. The monoisotopic (exact) mass is 222 g/mol. The molecule has 0 aliphatic heterocycles. The Labute approximate surface area is 90.8 Å². The van der Waals surface area contributed by atoms with E-state index in [2.05, 4.69) is 4.98 Å². The molecule has 2 rings (SSSR count). The molecular weight excluding hydrogens is 212 g/mol. The summed E-state index contributed by atoms with van der Waals surface area (Å²) in [6.07, 6.45) is 1.77. The van der Waals surface area contributed by atoms with Crippen molar-refractivity contribution < 1.29 is 9.90 Å². The summed E-state index contributed by atoms with van der Waals surface area (Å²) in [5, 5.41) is 8.92. The molecule has 2 aromatic heterocycles. The van der Waals surface area contributed by atoms with Crippen LogP contribution in [0.3, 0.4) is 0 Å². The molecule has 0 bridgehead atoms. The van der Waals surface area contributed by atoms with E-state index in [4.69, 9.17) is 5.11 Å². The molecule has 1 N–H and O–H groups in total. The summed E-state index contributed by atoms with van der Waals surface area (Å²) in [5.74, 6) is -0.901. The maximum atomic E-state index is 10.9. The average Bonchev–Trinajstić information content (AvgIpc) is 2.77. The van der Waals surface area contributed by atoms with Crippen molar-refractivity contribution in [2.75, 3.05) is 0 Å². The molecule has 0 atom stereocenters. The molecule has 15 heavy (non-hydrogen) atoms. The van der Waals surface area contributed by atoms with Crippen LogP contribution in [0.5, 0.6) is 0 Å². The fourth-order valence-corrected chi connectivity index (χ4v) is 2.15. The molecule has 4 nitrogen and oxygen atoms in total. The molecule has 2 aromatic rings. The topological polar surface area (TPSA) is 55.1 Å². The lowest BCUT2D eigenvalue weighted by molar-refractivity contribution is 0.0685. The van der Waals surface area contributed by atoms with Gasteiger partial charge in [0.25, 0.3) is 0 Å². The molecule has 0 aromatic carbocycles. The number of hydrogen-bond acceptors (Lipinski definition) is 3. The zero-order valence-electron chi connectivity index (χ0n) is 8.17. The van der Waals surface area contributed by atoms with Gasteiger partial charge in [-0.3, -0.25) is 0 Å². The zero-order chi connectivity index (χ0) is 10.8. The Morgan fingerprint density at radius 3 is 3.07 bits per heavy atom. The Balaban J connectivity index is 2.28. The minimum atomic E-state index is -0.901. The number of aromatic nitrogens is 2. The second-order valence-corrected chi connectivity index (χ2v) is 4.13. The standard InChI is InChI=1S/C10H10N2O2S/c1-7-9(15-6-11-7)5-12-4-2-3-8(12)10(13)14/h2-4,6H,5H2,1H3,(H,13,14). The van der Waals surface area contributed by atoms with Gasteiger partial charge in [-0.25, -0.2) is 9.78 Å². The summed E-state index contributed by atoms with van der Waals surface area (Å²) >= 11 is 1.54. The van der Waals surface area contributed by atoms with Gasteiger partial charge in [-0.1, -0.05) is 0 Å². The van der Waals surface area contributed by atoms with E-state index in [1.54, 1.807) is 39.7 Å². The molecular formula is C10H10N2O2S. The van der Waals surface area contributed by atoms with Crippen molar-refractivity contribution in [3.8, 4) is 0 Å². The van der Waals surface area contributed by atoms with Gasteiger partial charge in [0, 0.05) is 11.1 Å². The van der Waals surface area contributed by atoms with Crippen LogP contribution in [0.4, 0.5) is 0 Å². The predicted octanol–water partition coefficient (Wildman–Crippen LogP) is 2.00. The lowest BCUT2D eigenvalue weighted by atomic mass is 10.3. The highest BCUT2D eigenvalue weighted by atomic mass is 32.1. The maximum Gasteiger partial charge on any atom is 0.352 e. The van der Waals surface area contributed by atoms with Gasteiger partial charge >= 0.3 is 5.97 Å². The zero-order valence-corrected chi connectivity index (χ0v) is 8.99. The van der Waals surface area contributed by atoms with Crippen molar-refractivity contribution in [1.82, 2.24) is 9.55 Å². The molecule has 0 amide bonds. The second-order valence-electron chi connectivity index (χ2n) is 3.19. The Bertz CT molecular complexity index is 487. The highest BCUT2D eigenvalue weighted by Crippen LogP contribution is 2.15. The summed E-state index contributed by atoms with van der Waals surface area (Å²) < 4.78 is 1.71. The molecule has 0 saturated carbocycles.